The summed E-state index contributed by atoms with van der Waals surface area (Å²) >= 11 is 4.96. The molecule has 0 unspecified atom stereocenters. The molecule has 0 bridgehead atoms. The molecule has 0 saturated heterocycles. The number of nitrogens with zero attached hydrogens (tertiary/aromatic N) is 4. The van der Waals surface area contributed by atoms with E-state index in [1.807, 2.05) is 48.0 Å². The van der Waals surface area contributed by atoms with Gasteiger partial charge in [0.05, 0.1) is 6.04 Å². The summed E-state index contributed by atoms with van der Waals surface area (Å²) in [5.74, 6) is 0.370. The van der Waals surface area contributed by atoms with Crippen LogP contribution in [-0.4, -0.2) is 26.1 Å². The third-order valence-corrected chi connectivity index (χ3v) is 4.48. The van der Waals surface area contributed by atoms with E-state index in [4.69, 9.17) is 0 Å². The van der Waals surface area contributed by atoms with E-state index in [9.17, 15) is 4.79 Å². The summed E-state index contributed by atoms with van der Waals surface area (Å²) < 4.78 is 1.01. The minimum absolute atomic E-state index is 0.0397. The van der Waals surface area contributed by atoms with Gasteiger partial charge in [-0.1, -0.05) is 28.1 Å². The Kier molecular flexibility index (Phi) is 4.82. The Bertz CT molecular complexity index is 785. The number of carbonyl (C=O) groups is 1. The van der Waals surface area contributed by atoms with Crippen molar-refractivity contribution in [3.05, 3.63) is 51.1 Å². The maximum Gasteiger partial charge on any atom is 0.244 e. The van der Waals surface area contributed by atoms with Crippen molar-refractivity contribution >= 4 is 33.2 Å². The standard InChI is InChI=1S/C15H14BrN5OS/c1-10(11-2-4-13(16)5-3-11)17-14(22)8-21-19-15(18-20-21)12-6-7-23-9-12/h2-7,9-10H,8H2,1H3,(H,17,22)/t10-/m0/s1. The number of hydrogen-bond donors (Lipinski definition) is 1. The van der Waals surface area contributed by atoms with Crippen LogP contribution in [-0.2, 0) is 11.3 Å². The molecule has 0 aliphatic carbocycles. The second-order valence-corrected chi connectivity index (χ2v) is 6.69. The van der Waals surface area contributed by atoms with Crippen molar-refractivity contribution < 1.29 is 4.79 Å². The van der Waals surface area contributed by atoms with Gasteiger partial charge in [-0.15, -0.1) is 10.2 Å². The number of nitrogens with one attached hydrogen (secondary N) is 1. The van der Waals surface area contributed by atoms with Crippen LogP contribution in [0.4, 0.5) is 0 Å². The molecule has 1 atom stereocenters. The summed E-state index contributed by atoms with van der Waals surface area (Å²) in [6.45, 7) is 1.98. The van der Waals surface area contributed by atoms with Crippen molar-refractivity contribution in [1.29, 1.82) is 0 Å². The van der Waals surface area contributed by atoms with Gasteiger partial charge in [-0.3, -0.25) is 4.79 Å². The predicted molar refractivity (Wildman–Crippen MR) is 91.8 cm³/mol. The number of halogens is 1. The van der Waals surface area contributed by atoms with E-state index >= 15 is 0 Å². The van der Waals surface area contributed by atoms with Gasteiger partial charge in [0.25, 0.3) is 0 Å². The summed E-state index contributed by atoms with van der Waals surface area (Å²) in [5.41, 5.74) is 1.94. The summed E-state index contributed by atoms with van der Waals surface area (Å²) in [5, 5.41) is 18.9. The molecule has 0 radical (unpaired) electrons. The molecule has 1 aromatic carbocycles. The first-order valence-electron chi connectivity index (χ1n) is 6.97. The molecule has 1 amide bonds. The van der Waals surface area contributed by atoms with E-state index < -0.39 is 0 Å². The zero-order valence-corrected chi connectivity index (χ0v) is 14.7. The highest BCUT2D eigenvalue weighted by molar-refractivity contribution is 9.10. The van der Waals surface area contributed by atoms with Crippen molar-refractivity contribution in [3.63, 3.8) is 0 Å². The van der Waals surface area contributed by atoms with E-state index in [2.05, 4.69) is 36.7 Å². The van der Waals surface area contributed by atoms with Crippen LogP contribution < -0.4 is 5.32 Å². The molecule has 0 saturated carbocycles. The molecular formula is C15H14BrN5OS. The molecule has 0 spiro atoms. The summed E-state index contributed by atoms with van der Waals surface area (Å²) in [6.07, 6.45) is 0. The third-order valence-electron chi connectivity index (χ3n) is 3.26. The van der Waals surface area contributed by atoms with Crippen LogP contribution in [0.5, 0.6) is 0 Å². The van der Waals surface area contributed by atoms with Crippen molar-refractivity contribution in [2.75, 3.05) is 0 Å². The first-order valence-corrected chi connectivity index (χ1v) is 8.70. The molecule has 0 aliphatic heterocycles. The van der Waals surface area contributed by atoms with Gasteiger partial charge in [0, 0.05) is 15.4 Å². The largest absolute Gasteiger partial charge is 0.348 e. The molecule has 0 fully saturated rings. The van der Waals surface area contributed by atoms with Crippen LogP contribution in [0, 0.1) is 0 Å². The van der Waals surface area contributed by atoms with Crippen molar-refractivity contribution in [1.82, 2.24) is 25.5 Å². The van der Waals surface area contributed by atoms with E-state index in [1.54, 1.807) is 11.3 Å². The van der Waals surface area contributed by atoms with Crippen LogP contribution in [0.1, 0.15) is 18.5 Å². The number of benzene rings is 1. The molecule has 1 N–H and O–H groups in total. The summed E-state index contributed by atoms with van der Waals surface area (Å²) in [6, 6.07) is 9.67. The first-order chi connectivity index (χ1) is 11.1. The van der Waals surface area contributed by atoms with E-state index in [1.165, 1.54) is 4.80 Å². The maximum absolute atomic E-state index is 12.1. The monoisotopic (exact) mass is 391 g/mol. The number of thiophene rings is 1. The van der Waals surface area contributed by atoms with Gasteiger partial charge in [0.1, 0.15) is 6.54 Å². The topological polar surface area (TPSA) is 72.7 Å². The molecule has 8 heteroatoms. The van der Waals surface area contributed by atoms with Crippen molar-refractivity contribution in [3.8, 4) is 11.4 Å². The maximum atomic E-state index is 12.1. The van der Waals surface area contributed by atoms with Crippen LogP contribution in [0.2, 0.25) is 0 Å². The SMILES string of the molecule is C[C@H](NC(=O)Cn1nnc(-c2ccsc2)n1)c1ccc(Br)cc1. The fourth-order valence-electron chi connectivity index (χ4n) is 2.07. The minimum Gasteiger partial charge on any atom is -0.348 e. The molecule has 23 heavy (non-hydrogen) atoms. The Morgan fingerprint density at radius 2 is 2.13 bits per heavy atom. The van der Waals surface area contributed by atoms with Crippen molar-refractivity contribution in [2.24, 2.45) is 0 Å². The molecule has 2 aromatic heterocycles. The van der Waals surface area contributed by atoms with Gasteiger partial charge >= 0.3 is 0 Å². The molecule has 3 aromatic rings. The third kappa shape index (κ3) is 4.02. The normalized spacial score (nSPS) is 12.1. The smallest absolute Gasteiger partial charge is 0.244 e. The Morgan fingerprint density at radius 3 is 2.83 bits per heavy atom. The highest BCUT2D eigenvalue weighted by Gasteiger charge is 2.12. The number of tetrazole rings is 1. The minimum atomic E-state index is -0.158. The lowest BCUT2D eigenvalue weighted by Crippen LogP contribution is -2.30. The highest BCUT2D eigenvalue weighted by atomic mass is 79.9. The zero-order valence-electron chi connectivity index (χ0n) is 12.3. The van der Waals surface area contributed by atoms with Crippen LogP contribution in [0.25, 0.3) is 11.4 Å². The van der Waals surface area contributed by atoms with E-state index in [-0.39, 0.29) is 18.5 Å². The Hall–Kier alpha value is -2.06. The summed E-state index contributed by atoms with van der Waals surface area (Å²) in [7, 11) is 0. The highest BCUT2D eigenvalue weighted by Crippen LogP contribution is 2.17. The van der Waals surface area contributed by atoms with E-state index in [0.29, 0.717) is 5.82 Å². The molecule has 118 valence electrons. The number of rotatable bonds is 5. The number of amides is 1. The fraction of sp³-hybridized carbons (Fsp3) is 0.200. The van der Waals surface area contributed by atoms with Gasteiger partial charge < -0.3 is 5.32 Å². The number of aromatic nitrogens is 4. The summed E-state index contributed by atoms with van der Waals surface area (Å²) in [4.78, 5) is 13.4. The molecule has 2 heterocycles. The van der Waals surface area contributed by atoms with Gasteiger partial charge in [0.15, 0.2) is 0 Å². The van der Waals surface area contributed by atoms with Gasteiger partial charge in [-0.05, 0) is 41.3 Å². The van der Waals surface area contributed by atoms with Crippen LogP contribution in [0.15, 0.2) is 45.6 Å². The molecule has 0 aliphatic rings. The van der Waals surface area contributed by atoms with Crippen LogP contribution in [0.3, 0.4) is 0 Å². The zero-order chi connectivity index (χ0) is 16.2. The molecule has 6 nitrogen and oxygen atoms in total. The van der Waals surface area contributed by atoms with Crippen LogP contribution >= 0.6 is 27.3 Å². The quantitative estimate of drug-likeness (QED) is 0.725. The Labute approximate surface area is 145 Å². The predicted octanol–water partition coefficient (Wildman–Crippen LogP) is 3.04. The second kappa shape index (κ2) is 7.01. The Morgan fingerprint density at radius 1 is 1.35 bits per heavy atom. The average molecular weight is 392 g/mol. The Balaban J connectivity index is 1.60. The lowest BCUT2D eigenvalue weighted by Gasteiger charge is -2.14. The van der Waals surface area contributed by atoms with Gasteiger partial charge in [-0.25, -0.2) is 0 Å². The second-order valence-electron chi connectivity index (χ2n) is 5.00. The van der Waals surface area contributed by atoms with Gasteiger partial charge in [-0.2, -0.15) is 16.1 Å². The number of carbonyl (C=O) groups excluding carboxylic acids is 1. The average Bonchev–Trinajstić information content (AvgIpc) is 3.18. The first kappa shape index (κ1) is 15.8. The van der Waals surface area contributed by atoms with E-state index in [0.717, 1.165) is 15.6 Å². The molecular weight excluding hydrogens is 378 g/mol. The van der Waals surface area contributed by atoms with Crippen molar-refractivity contribution in [2.45, 2.75) is 19.5 Å². The number of hydrogen-bond acceptors (Lipinski definition) is 5. The molecule has 3 rings (SSSR count). The lowest BCUT2D eigenvalue weighted by atomic mass is 10.1. The van der Waals surface area contributed by atoms with Gasteiger partial charge in [0.2, 0.25) is 11.7 Å². The fourth-order valence-corrected chi connectivity index (χ4v) is 2.97. The lowest BCUT2D eigenvalue weighted by molar-refractivity contribution is -0.122.